The van der Waals surface area contributed by atoms with Crippen LogP contribution >= 0.6 is 11.6 Å². The van der Waals surface area contributed by atoms with Crippen molar-refractivity contribution in [1.82, 2.24) is 5.32 Å². The molecule has 0 bridgehead atoms. The zero-order valence-corrected chi connectivity index (χ0v) is 14.0. The Bertz CT molecular complexity index is 671. The van der Waals surface area contributed by atoms with Crippen molar-refractivity contribution in [2.24, 2.45) is 11.1 Å². The number of hydrogen-bond acceptors (Lipinski definition) is 4. The number of ketones is 1. The molecule has 0 aliphatic rings. The van der Waals surface area contributed by atoms with Crippen molar-refractivity contribution in [1.29, 1.82) is 0 Å². The minimum absolute atomic E-state index is 0.0182. The number of nitrogens with two attached hydrogens (primary N) is 1. The van der Waals surface area contributed by atoms with E-state index in [4.69, 9.17) is 16.7 Å². The molecule has 0 saturated heterocycles. The van der Waals surface area contributed by atoms with Crippen LogP contribution in [0.25, 0.3) is 0 Å². The van der Waals surface area contributed by atoms with Gasteiger partial charge in [-0.2, -0.15) is 0 Å². The summed E-state index contributed by atoms with van der Waals surface area (Å²) in [6.07, 6.45) is 0.0223. The van der Waals surface area contributed by atoms with E-state index >= 15 is 0 Å². The lowest BCUT2D eigenvalue weighted by molar-refractivity contribution is -0.121. The highest BCUT2D eigenvalue weighted by Crippen LogP contribution is 2.22. The highest BCUT2D eigenvalue weighted by atomic mass is 35.5. The van der Waals surface area contributed by atoms with Gasteiger partial charge in [0.1, 0.15) is 4.90 Å². The highest BCUT2D eigenvalue weighted by Gasteiger charge is 2.17. The summed E-state index contributed by atoms with van der Waals surface area (Å²) in [6, 6.07) is 3.84. The predicted molar refractivity (Wildman–Crippen MR) is 84.2 cm³/mol. The molecule has 6 nitrogen and oxygen atoms in total. The molecule has 0 unspecified atom stereocenters. The number of Topliss-reactive ketones (excluding diaryl/α,β-unsaturated/α-hetero) is 1. The molecule has 0 aliphatic heterocycles. The van der Waals surface area contributed by atoms with Gasteiger partial charge in [0.2, 0.25) is 15.9 Å². The second kappa shape index (κ2) is 7.71. The van der Waals surface area contributed by atoms with Gasteiger partial charge in [-0.05, 0) is 24.1 Å². The first kappa shape index (κ1) is 18.6. The monoisotopic (exact) mass is 346 g/mol. The van der Waals surface area contributed by atoms with Crippen LogP contribution in [0.5, 0.6) is 0 Å². The lowest BCUT2D eigenvalue weighted by Gasteiger charge is -2.08. The largest absolute Gasteiger partial charge is 0.356 e. The van der Waals surface area contributed by atoms with E-state index in [9.17, 15) is 18.0 Å². The van der Waals surface area contributed by atoms with E-state index < -0.39 is 10.0 Å². The molecule has 0 fully saturated rings. The van der Waals surface area contributed by atoms with Gasteiger partial charge in [-0.1, -0.05) is 25.4 Å². The summed E-state index contributed by atoms with van der Waals surface area (Å²) in [4.78, 5) is 23.3. The number of benzene rings is 1. The molecule has 122 valence electrons. The number of primary sulfonamides is 1. The second-order valence-corrected chi connectivity index (χ2v) is 7.25. The van der Waals surface area contributed by atoms with Gasteiger partial charge in [0.15, 0.2) is 5.78 Å². The average molecular weight is 347 g/mol. The van der Waals surface area contributed by atoms with E-state index in [0.717, 1.165) is 6.07 Å². The van der Waals surface area contributed by atoms with Crippen molar-refractivity contribution in [3.8, 4) is 0 Å². The number of sulfonamides is 1. The number of halogens is 1. The van der Waals surface area contributed by atoms with E-state index in [0.29, 0.717) is 12.5 Å². The van der Waals surface area contributed by atoms with E-state index in [-0.39, 0.29) is 40.0 Å². The van der Waals surface area contributed by atoms with Crippen molar-refractivity contribution < 1.29 is 18.0 Å². The second-order valence-electron chi connectivity index (χ2n) is 5.31. The Hall–Kier alpha value is -1.44. The standard InChI is InChI=1S/C14H19ClN2O4S/c1-9(2)8-17-14(19)6-5-12(18)10-3-4-11(15)13(7-10)22(16,20)21/h3-4,7,9H,5-6,8H2,1-2H3,(H,17,19)(H2,16,20,21). The SMILES string of the molecule is CC(C)CNC(=O)CCC(=O)c1ccc(Cl)c(S(N)(=O)=O)c1. The fraction of sp³-hybridized carbons (Fsp3) is 0.429. The first-order valence-electron chi connectivity index (χ1n) is 6.73. The van der Waals surface area contributed by atoms with Crippen LogP contribution in [0.3, 0.4) is 0 Å². The van der Waals surface area contributed by atoms with Crippen molar-refractivity contribution in [3.05, 3.63) is 28.8 Å². The van der Waals surface area contributed by atoms with Crippen LogP contribution in [0.1, 0.15) is 37.0 Å². The first-order valence-corrected chi connectivity index (χ1v) is 8.66. The minimum Gasteiger partial charge on any atom is -0.356 e. The third kappa shape index (κ3) is 5.75. The van der Waals surface area contributed by atoms with Crippen LogP contribution in [0, 0.1) is 5.92 Å². The molecule has 8 heteroatoms. The summed E-state index contributed by atoms with van der Waals surface area (Å²) in [5.41, 5.74) is 0.157. The molecule has 0 atom stereocenters. The van der Waals surface area contributed by atoms with E-state index in [2.05, 4.69) is 5.32 Å². The fourth-order valence-corrected chi connectivity index (χ4v) is 2.74. The van der Waals surface area contributed by atoms with Gasteiger partial charge in [-0.25, -0.2) is 13.6 Å². The smallest absolute Gasteiger partial charge is 0.239 e. The summed E-state index contributed by atoms with van der Waals surface area (Å²) >= 11 is 5.75. The number of rotatable bonds is 7. The van der Waals surface area contributed by atoms with Crippen molar-refractivity contribution >= 4 is 33.3 Å². The van der Waals surface area contributed by atoms with Crippen molar-refractivity contribution in [2.45, 2.75) is 31.6 Å². The molecule has 0 spiro atoms. The molecule has 22 heavy (non-hydrogen) atoms. The predicted octanol–water partition coefficient (Wildman–Crippen LogP) is 1.72. The minimum atomic E-state index is -4.00. The zero-order valence-electron chi connectivity index (χ0n) is 12.4. The zero-order chi connectivity index (χ0) is 16.9. The Morgan fingerprint density at radius 2 is 1.91 bits per heavy atom. The number of carbonyl (C=O) groups is 2. The summed E-state index contributed by atoms with van der Waals surface area (Å²) in [7, 11) is -4.00. The topological polar surface area (TPSA) is 106 Å². The number of amides is 1. The molecule has 0 saturated carbocycles. The van der Waals surface area contributed by atoms with Gasteiger partial charge in [0.05, 0.1) is 5.02 Å². The third-order valence-corrected chi connectivity index (χ3v) is 4.24. The lowest BCUT2D eigenvalue weighted by atomic mass is 10.1. The molecular weight excluding hydrogens is 328 g/mol. The van der Waals surface area contributed by atoms with Gasteiger partial charge in [-0.3, -0.25) is 9.59 Å². The molecule has 3 N–H and O–H groups in total. The summed E-state index contributed by atoms with van der Waals surface area (Å²) < 4.78 is 22.7. The summed E-state index contributed by atoms with van der Waals surface area (Å²) in [5, 5.41) is 7.69. The van der Waals surface area contributed by atoms with E-state index in [1.54, 1.807) is 0 Å². The highest BCUT2D eigenvalue weighted by molar-refractivity contribution is 7.89. The third-order valence-electron chi connectivity index (χ3n) is 2.85. The molecule has 0 heterocycles. The number of hydrogen-bond donors (Lipinski definition) is 2. The maximum atomic E-state index is 12.0. The Kier molecular flexibility index (Phi) is 6.52. The van der Waals surface area contributed by atoms with E-state index in [1.807, 2.05) is 13.8 Å². The van der Waals surface area contributed by atoms with Crippen LogP contribution in [0.2, 0.25) is 5.02 Å². The Labute approximate surface area is 135 Å². The Morgan fingerprint density at radius 1 is 1.27 bits per heavy atom. The Balaban J connectivity index is 2.73. The normalized spacial score (nSPS) is 11.5. The van der Waals surface area contributed by atoms with Crippen LogP contribution in [0.15, 0.2) is 23.1 Å². The van der Waals surface area contributed by atoms with Crippen LogP contribution < -0.4 is 10.5 Å². The summed E-state index contributed by atoms with van der Waals surface area (Å²) in [5.74, 6) is -0.239. The van der Waals surface area contributed by atoms with Gasteiger partial charge < -0.3 is 5.32 Å². The molecule has 0 aromatic heterocycles. The van der Waals surface area contributed by atoms with Crippen LogP contribution in [-0.2, 0) is 14.8 Å². The van der Waals surface area contributed by atoms with Crippen molar-refractivity contribution in [3.63, 3.8) is 0 Å². The molecular formula is C14H19ClN2O4S. The lowest BCUT2D eigenvalue weighted by Crippen LogP contribution is -2.27. The number of nitrogens with one attached hydrogen (secondary N) is 1. The van der Waals surface area contributed by atoms with Gasteiger partial charge in [0, 0.05) is 24.9 Å². The molecule has 0 radical (unpaired) electrons. The van der Waals surface area contributed by atoms with E-state index in [1.165, 1.54) is 12.1 Å². The average Bonchev–Trinajstić information content (AvgIpc) is 2.41. The molecule has 1 aromatic rings. The molecule has 0 aliphatic carbocycles. The van der Waals surface area contributed by atoms with Crippen LogP contribution in [-0.4, -0.2) is 26.7 Å². The molecule has 1 amide bonds. The summed E-state index contributed by atoms with van der Waals surface area (Å²) in [6.45, 7) is 4.48. The first-order chi connectivity index (χ1) is 10.1. The maximum absolute atomic E-state index is 12.0. The van der Waals surface area contributed by atoms with Gasteiger partial charge >= 0.3 is 0 Å². The fourth-order valence-electron chi connectivity index (χ4n) is 1.67. The number of carbonyl (C=O) groups excluding carboxylic acids is 2. The molecule has 1 aromatic carbocycles. The quantitative estimate of drug-likeness (QED) is 0.733. The van der Waals surface area contributed by atoms with Gasteiger partial charge in [-0.15, -0.1) is 0 Å². The molecule has 1 rings (SSSR count). The van der Waals surface area contributed by atoms with Gasteiger partial charge in [0.25, 0.3) is 0 Å². The van der Waals surface area contributed by atoms with Crippen molar-refractivity contribution in [2.75, 3.05) is 6.54 Å². The maximum Gasteiger partial charge on any atom is 0.239 e. The van der Waals surface area contributed by atoms with Crippen LogP contribution in [0.4, 0.5) is 0 Å². The Morgan fingerprint density at radius 3 is 2.45 bits per heavy atom.